The Kier molecular flexibility index (Phi) is 3.56. The van der Waals surface area contributed by atoms with Crippen molar-refractivity contribution in [3.8, 4) is 6.07 Å². The quantitative estimate of drug-likeness (QED) is 0.742. The standard InChI is InChI=1S/C12H17N3/c1-8(2)9(3)15-12-6-10(7-13)4-5-11(12)14/h4-6,8-9,15H,14H2,1-3H3. The van der Waals surface area contributed by atoms with Crippen molar-refractivity contribution in [3.63, 3.8) is 0 Å². The Morgan fingerprint density at radius 3 is 2.53 bits per heavy atom. The Morgan fingerprint density at radius 2 is 2.00 bits per heavy atom. The zero-order valence-corrected chi connectivity index (χ0v) is 9.41. The maximum atomic E-state index is 8.78. The van der Waals surface area contributed by atoms with Crippen LogP contribution >= 0.6 is 0 Å². The number of benzene rings is 1. The molecule has 0 saturated heterocycles. The van der Waals surface area contributed by atoms with Gasteiger partial charge in [0.05, 0.1) is 23.0 Å². The minimum Gasteiger partial charge on any atom is -0.397 e. The summed E-state index contributed by atoms with van der Waals surface area (Å²) in [6, 6.07) is 7.70. The van der Waals surface area contributed by atoms with Crippen molar-refractivity contribution >= 4 is 11.4 Å². The third-order valence-corrected chi connectivity index (χ3v) is 2.57. The second-order valence-electron chi connectivity index (χ2n) is 4.09. The third-order valence-electron chi connectivity index (χ3n) is 2.57. The molecule has 0 saturated carbocycles. The molecule has 0 amide bonds. The van der Waals surface area contributed by atoms with Crippen molar-refractivity contribution in [3.05, 3.63) is 23.8 Å². The molecule has 3 nitrogen and oxygen atoms in total. The summed E-state index contributed by atoms with van der Waals surface area (Å²) in [5, 5.41) is 12.1. The van der Waals surface area contributed by atoms with E-state index < -0.39 is 0 Å². The summed E-state index contributed by atoms with van der Waals surface area (Å²) < 4.78 is 0. The van der Waals surface area contributed by atoms with E-state index in [1.54, 1.807) is 18.2 Å². The fraction of sp³-hybridized carbons (Fsp3) is 0.417. The van der Waals surface area contributed by atoms with Crippen LogP contribution in [-0.2, 0) is 0 Å². The molecule has 3 heteroatoms. The van der Waals surface area contributed by atoms with Crippen molar-refractivity contribution in [2.75, 3.05) is 11.1 Å². The van der Waals surface area contributed by atoms with Gasteiger partial charge in [-0.25, -0.2) is 0 Å². The average Bonchev–Trinajstić information content (AvgIpc) is 2.21. The second kappa shape index (κ2) is 4.70. The minimum absolute atomic E-state index is 0.334. The lowest BCUT2D eigenvalue weighted by atomic mass is 10.1. The number of anilines is 2. The number of hydrogen-bond donors (Lipinski definition) is 2. The average molecular weight is 203 g/mol. The molecule has 15 heavy (non-hydrogen) atoms. The van der Waals surface area contributed by atoms with Gasteiger partial charge in [0.1, 0.15) is 0 Å². The van der Waals surface area contributed by atoms with E-state index in [9.17, 15) is 0 Å². The summed E-state index contributed by atoms with van der Waals surface area (Å²) in [5.41, 5.74) is 7.97. The number of nitriles is 1. The largest absolute Gasteiger partial charge is 0.397 e. The molecule has 1 atom stereocenters. The number of rotatable bonds is 3. The first-order valence-electron chi connectivity index (χ1n) is 5.10. The molecule has 0 aromatic heterocycles. The highest BCUT2D eigenvalue weighted by Gasteiger charge is 2.08. The van der Waals surface area contributed by atoms with E-state index >= 15 is 0 Å². The summed E-state index contributed by atoms with van der Waals surface area (Å²) in [7, 11) is 0. The topological polar surface area (TPSA) is 61.8 Å². The molecule has 1 aromatic rings. The Hall–Kier alpha value is -1.69. The van der Waals surface area contributed by atoms with E-state index in [1.807, 2.05) is 0 Å². The lowest BCUT2D eigenvalue weighted by Crippen LogP contribution is -2.22. The van der Waals surface area contributed by atoms with E-state index in [-0.39, 0.29) is 0 Å². The summed E-state index contributed by atoms with van der Waals surface area (Å²) in [6.07, 6.45) is 0. The van der Waals surface area contributed by atoms with Gasteiger partial charge >= 0.3 is 0 Å². The zero-order valence-electron chi connectivity index (χ0n) is 9.41. The predicted octanol–water partition coefficient (Wildman–Crippen LogP) is 2.60. The first-order valence-corrected chi connectivity index (χ1v) is 5.10. The minimum atomic E-state index is 0.334. The van der Waals surface area contributed by atoms with Crippen molar-refractivity contribution in [2.24, 2.45) is 5.92 Å². The Morgan fingerprint density at radius 1 is 1.33 bits per heavy atom. The van der Waals surface area contributed by atoms with E-state index in [0.29, 0.717) is 23.2 Å². The van der Waals surface area contributed by atoms with Crippen LogP contribution in [0.3, 0.4) is 0 Å². The zero-order chi connectivity index (χ0) is 11.4. The molecule has 0 aliphatic heterocycles. The summed E-state index contributed by atoms with van der Waals surface area (Å²) in [4.78, 5) is 0. The van der Waals surface area contributed by atoms with Crippen LogP contribution in [0, 0.1) is 17.2 Å². The summed E-state index contributed by atoms with van der Waals surface area (Å²) in [5.74, 6) is 0.523. The van der Waals surface area contributed by atoms with E-state index in [1.165, 1.54) is 0 Å². The van der Waals surface area contributed by atoms with Gasteiger partial charge in [0.15, 0.2) is 0 Å². The van der Waals surface area contributed by atoms with E-state index in [2.05, 4.69) is 32.2 Å². The third kappa shape index (κ3) is 2.88. The monoisotopic (exact) mass is 203 g/mol. The Bertz CT molecular complexity index is 377. The predicted molar refractivity (Wildman–Crippen MR) is 63.5 cm³/mol. The lowest BCUT2D eigenvalue weighted by molar-refractivity contribution is 0.560. The fourth-order valence-corrected chi connectivity index (χ4v) is 1.16. The van der Waals surface area contributed by atoms with Gasteiger partial charge in [-0.15, -0.1) is 0 Å². The molecule has 0 aliphatic rings. The summed E-state index contributed by atoms with van der Waals surface area (Å²) in [6.45, 7) is 6.38. The van der Waals surface area contributed by atoms with Crippen LogP contribution in [0.15, 0.2) is 18.2 Å². The number of nitrogen functional groups attached to an aromatic ring is 1. The number of nitrogens with zero attached hydrogens (tertiary/aromatic N) is 1. The van der Waals surface area contributed by atoms with Crippen LogP contribution in [0.4, 0.5) is 11.4 Å². The molecule has 3 N–H and O–H groups in total. The molecule has 0 radical (unpaired) electrons. The van der Waals surface area contributed by atoms with Gasteiger partial charge in [-0.3, -0.25) is 0 Å². The molecule has 0 heterocycles. The number of nitrogens with two attached hydrogens (primary N) is 1. The fourth-order valence-electron chi connectivity index (χ4n) is 1.16. The van der Waals surface area contributed by atoms with Crippen molar-refractivity contribution in [2.45, 2.75) is 26.8 Å². The van der Waals surface area contributed by atoms with Crippen LogP contribution in [0.2, 0.25) is 0 Å². The van der Waals surface area contributed by atoms with E-state index in [4.69, 9.17) is 11.0 Å². The molecule has 1 rings (SSSR count). The van der Waals surface area contributed by atoms with Crippen LogP contribution in [0.1, 0.15) is 26.3 Å². The van der Waals surface area contributed by atoms with Gasteiger partial charge in [0.2, 0.25) is 0 Å². The molecular weight excluding hydrogens is 186 g/mol. The van der Waals surface area contributed by atoms with Crippen molar-refractivity contribution < 1.29 is 0 Å². The molecular formula is C12H17N3. The van der Waals surface area contributed by atoms with Crippen molar-refractivity contribution in [1.29, 1.82) is 5.26 Å². The number of hydrogen-bond acceptors (Lipinski definition) is 3. The lowest BCUT2D eigenvalue weighted by Gasteiger charge is -2.20. The van der Waals surface area contributed by atoms with Crippen LogP contribution in [0.5, 0.6) is 0 Å². The van der Waals surface area contributed by atoms with Crippen LogP contribution in [-0.4, -0.2) is 6.04 Å². The molecule has 0 fully saturated rings. The van der Waals surface area contributed by atoms with Gasteiger partial charge in [-0.2, -0.15) is 5.26 Å². The maximum absolute atomic E-state index is 8.78. The Labute approximate surface area is 90.9 Å². The molecule has 0 aliphatic carbocycles. The van der Waals surface area contributed by atoms with Crippen LogP contribution < -0.4 is 11.1 Å². The number of nitrogens with one attached hydrogen (secondary N) is 1. The van der Waals surface area contributed by atoms with Gasteiger partial charge in [0, 0.05) is 6.04 Å². The van der Waals surface area contributed by atoms with Crippen molar-refractivity contribution in [1.82, 2.24) is 0 Å². The first kappa shape index (κ1) is 11.4. The highest BCUT2D eigenvalue weighted by atomic mass is 14.9. The summed E-state index contributed by atoms with van der Waals surface area (Å²) >= 11 is 0. The molecule has 0 bridgehead atoms. The molecule has 80 valence electrons. The smallest absolute Gasteiger partial charge is 0.0992 e. The normalized spacial score (nSPS) is 12.2. The Balaban J connectivity index is 2.89. The van der Waals surface area contributed by atoms with Gasteiger partial charge in [-0.05, 0) is 31.0 Å². The molecule has 1 aromatic carbocycles. The maximum Gasteiger partial charge on any atom is 0.0992 e. The first-order chi connectivity index (χ1) is 7.04. The van der Waals surface area contributed by atoms with Gasteiger partial charge in [0.25, 0.3) is 0 Å². The molecule has 1 unspecified atom stereocenters. The van der Waals surface area contributed by atoms with Crippen LogP contribution in [0.25, 0.3) is 0 Å². The highest BCUT2D eigenvalue weighted by Crippen LogP contribution is 2.21. The second-order valence-corrected chi connectivity index (χ2v) is 4.09. The highest BCUT2D eigenvalue weighted by molar-refractivity contribution is 5.68. The molecule has 0 spiro atoms. The SMILES string of the molecule is CC(C)C(C)Nc1cc(C#N)ccc1N. The van der Waals surface area contributed by atoms with Gasteiger partial charge < -0.3 is 11.1 Å². The van der Waals surface area contributed by atoms with E-state index in [0.717, 1.165) is 5.69 Å². The van der Waals surface area contributed by atoms with Gasteiger partial charge in [-0.1, -0.05) is 13.8 Å².